The number of rotatable bonds is 4. The summed E-state index contributed by atoms with van der Waals surface area (Å²) in [4.78, 5) is 0. The smallest absolute Gasteiger partial charge is 0.128 e. The standard InChI is InChI=1S/C15H21F2NO/c1-3-18-15(14-6-4-5-7-19-14)11-9-12(16)10(2)8-13(11)17/h8-9,14-15,18H,3-7H2,1-2H3. The number of halogens is 2. The minimum atomic E-state index is -0.366. The number of hydrogen-bond donors (Lipinski definition) is 1. The van der Waals surface area contributed by atoms with Crippen LogP contribution in [-0.2, 0) is 4.74 Å². The van der Waals surface area contributed by atoms with E-state index in [0.29, 0.717) is 24.3 Å². The number of ether oxygens (including phenoxy) is 1. The molecular formula is C15H21F2NO. The highest BCUT2D eigenvalue weighted by Gasteiger charge is 2.28. The molecule has 19 heavy (non-hydrogen) atoms. The summed E-state index contributed by atoms with van der Waals surface area (Å²) in [7, 11) is 0. The van der Waals surface area contributed by atoms with Crippen molar-refractivity contribution in [2.45, 2.75) is 45.3 Å². The van der Waals surface area contributed by atoms with Gasteiger partial charge in [0.05, 0.1) is 12.1 Å². The van der Waals surface area contributed by atoms with Crippen molar-refractivity contribution in [2.24, 2.45) is 0 Å². The van der Waals surface area contributed by atoms with Crippen molar-refractivity contribution in [3.63, 3.8) is 0 Å². The molecule has 1 aromatic rings. The van der Waals surface area contributed by atoms with Crippen molar-refractivity contribution in [3.8, 4) is 0 Å². The molecule has 0 aromatic heterocycles. The zero-order chi connectivity index (χ0) is 13.8. The van der Waals surface area contributed by atoms with Gasteiger partial charge >= 0.3 is 0 Å². The molecule has 1 aliphatic rings. The van der Waals surface area contributed by atoms with Gasteiger partial charge < -0.3 is 10.1 Å². The van der Waals surface area contributed by atoms with E-state index in [1.165, 1.54) is 12.1 Å². The summed E-state index contributed by atoms with van der Waals surface area (Å²) < 4.78 is 33.5. The number of aryl methyl sites for hydroxylation is 1. The molecule has 2 rings (SSSR count). The predicted octanol–water partition coefficient (Wildman–Crippen LogP) is 3.49. The van der Waals surface area contributed by atoms with Crippen molar-refractivity contribution in [3.05, 3.63) is 34.9 Å². The van der Waals surface area contributed by atoms with Gasteiger partial charge in [0.15, 0.2) is 0 Å². The molecule has 2 nitrogen and oxygen atoms in total. The zero-order valence-electron chi connectivity index (χ0n) is 11.5. The van der Waals surface area contributed by atoms with Gasteiger partial charge in [0.25, 0.3) is 0 Å². The van der Waals surface area contributed by atoms with Crippen LogP contribution in [0.2, 0.25) is 0 Å². The van der Waals surface area contributed by atoms with Crippen molar-refractivity contribution in [2.75, 3.05) is 13.2 Å². The minimum Gasteiger partial charge on any atom is -0.376 e. The van der Waals surface area contributed by atoms with E-state index in [1.54, 1.807) is 6.92 Å². The van der Waals surface area contributed by atoms with Crippen LogP contribution >= 0.6 is 0 Å². The minimum absolute atomic E-state index is 0.0784. The molecule has 0 radical (unpaired) electrons. The van der Waals surface area contributed by atoms with Crippen LogP contribution in [0.15, 0.2) is 12.1 Å². The van der Waals surface area contributed by atoms with Crippen molar-refractivity contribution in [1.29, 1.82) is 0 Å². The normalized spacial score (nSPS) is 21.4. The van der Waals surface area contributed by atoms with Gasteiger partial charge in [-0.3, -0.25) is 0 Å². The Hall–Kier alpha value is -1.00. The van der Waals surface area contributed by atoms with Crippen LogP contribution in [0, 0.1) is 18.6 Å². The van der Waals surface area contributed by atoms with Gasteiger partial charge in [0.1, 0.15) is 11.6 Å². The molecule has 1 fully saturated rings. The Morgan fingerprint density at radius 1 is 1.32 bits per heavy atom. The molecule has 106 valence electrons. The summed E-state index contributed by atoms with van der Waals surface area (Å²) in [5, 5.41) is 3.22. The maximum Gasteiger partial charge on any atom is 0.128 e. The molecule has 0 saturated carbocycles. The second-order valence-electron chi connectivity index (χ2n) is 5.06. The quantitative estimate of drug-likeness (QED) is 0.903. The van der Waals surface area contributed by atoms with Crippen LogP contribution in [0.25, 0.3) is 0 Å². The van der Waals surface area contributed by atoms with E-state index in [1.807, 2.05) is 6.92 Å². The van der Waals surface area contributed by atoms with E-state index in [2.05, 4.69) is 5.32 Å². The van der Waals surface area contributed by atoms with Crippen molar-refractivity contribution >= 4 is 0 Å². The molecule has 1 aliphatic heterocycles. The maximum absolute atomic E-state index is 14.1. The van der Waals surface area contributed by atoms with E-state index in [0.717, 1.165) is 19.3 Å². The summed E-state index contributed by atoms with van der Waals surface area (Å²) in [6, 6.07) is 2.29. The largest absolute Gasteiger partial charge is 0.376 e. The Morgan fingerprint density at radius 2 is 2.11 bits per heavy atom. The molecule has 2 atom stereocenters. The highest BCUT2D eigenvalue weighted by Crippen LogP contribution is 2.29. The van der Waals surface area contributed by atoms with Gasteiger partial charge in [-0.2, -0.15) is 0 Å². The van der Waals surface area contributed by atoms with E-state index in [-0.39, 0.29) is 23.8 Å². The SMILES string of the molecule is CCNC(c1cc(F)c(C)cc1F)C1CCCCO1. The molecule has 0 amide bonds. The van der Waals surface area contributed by atoms with Crippen LogP contribution in [0.4, 0.5) is 8.78 Å². The number of nitrogens with one attached hydrogen (secondary N) is 1. The first-order valence-corrected chi connectivity index (χ1v) is 6.94. The lowest BCUT2D eigenvalue weighted by molar-refractivity contribution is -0.00862. The fraction of sp³-hybridized carbons (Fsp3) is 0.600. The monoisotopic (exact) mass is 269 g/mol. The molecule has 1 heterocycles. The highest BCUT2D eigenvalue weighted by molar-refractivity contribution is 5.28. The highest BCUT2D eigenvalue weighted by atomic mass is 19.1. The summed E-state index contributed by atoms with van der Waals surface area (Å²) >= 11 is 0. The van der Waals surface area contributed by atoms with Gasteiger partial charge in [-0.25, -0.2) is 8.78 Å². The fourth-order valence-corrected chi connectivity index (χ4v) is 2.59. The van der Waals surface area contributed by atoms with Gasteiger partial charge in [-0.15, -0.1) is 0 Å². The predicted molar refractivity (Wildman–Crippen MR) is 71.1 cm³/mol. The third kappa shape index (κ3) is 3.31. The van der Waals surface area contributed by atoms with Crippen LogP contribution in [0.3, 0.4) is 0 Å². The Kier molecular flexibility index (Phi) is 4.88. The number of benzene rings is 1. The number of likely N-dealkylation sites (N-methyl/N-ethyl adjacent to an activating group) is 1. The Balaban J connectivity index is 2.29. The van der Waals surface area contributed by atoms with Gasteiger partial charge in [-0.05, 0) is 50.4 Å². The molecule has 1 saturated heterocycles. The molecule has 4 heteroatoms. The summed E-state index contributed by atoms with van der Waals surface area (Å²) in [6.45, 7) is 4.92. The molecular weight excluding hydrogens is 248 g/mol. The van der Waals surface area contributed by atoms with Crippen molar-refractivity contribution < 1.29 is 13.5 Å². The van der Waals surface area contributed by atoms with Gasteiger partial charge in [0, 0.05) is 12.2 Å². The average molecular weight is 269 g/mol. The first kappa shape index (κ1) is 14.4. The van der Waals surface area contributed by atoms with Crippen LogP contribution in [-0.4, -0.2) is 19.3 Å². The lowest BCUT2D eigenvalue weighted by Gasteiger charge is -2.31. The topological polar surface area (TPSA) is 21.3 Å². The first-order chi connectivity index (χ1) is 9.13. The maximum atomic E-state index is 14.1. The Bertz CT molecular complexity index is 430. The van der Waals surface area contributed by atoms with E-state index >= 15 is 0 Å². The van der Waals surface area contributed by atoms with E-state index in [4.69, 9.17) is 4.74 Å². The second kappa shape index (κ2) is 6.44. The average Bonchev–Trinajstić information content (AvgIpc) is 2.42. The van der Waals surface area contributed by atoms with Crippen LogP contribution in [0.1, 0.15) is 43.4 Å². The Morgan fingerprint density at radius 3 is 2.74 bits per heavy atom. The second-order valence-corrected chi connectivity index (χ2v) is 5.06. The lowest BCUT2D eigenvalue weighted by atomic mass is 9.94. The lowest BCUT2D eigenvalue weighted by Crippen LogP contribution is -2.36. The van der Waals surface area contributed by atoms with Gasteiger partial charge in [0.2, 0.25) is 0 Å². The third-order valence-electron chi connectivity index (χ3n) is 3.62. The molecule has 0 bridgehead atoms. The van der Waals surface area contributed by atoms with Crippen LogP contribution < -0.4 is 5.32 Å². The number of hydrogen-bond acceptors (Lipinski definition) is 2. The fourth-order valence-electron chi connectivity index (χ4n) is 2.59. The molecule has 0 spiro atoms. The first-order valence-electron chi connectivity index (χ1n) is 6.94. The molecule has 1 aromatic carbocycles. The van der Waals surface area contributed by atoms with Gasteiger partial charge in [-0.1, -0.05) is 6.92 Å². The zero-order valence-corrected chi connectivity index (χ0v) is 11.5. The Labute approximate surface area is 113 Å². The molecule has 0 aliphatic carbocycles. The van der Waals surface area contributed by atoms with E-state index < -0.39 is 0 Å². The summed E-state index contributed by atoms with van der Waals surface area (Å²) in [6.07, 6.45) is 2.92. The summed E-state index contributed by atoms with van der Waals surface area (Å²) in [5.74, 6) is -0.728. The molecule has 1 N–H and O–H groups in total. The van der Waals surface area contributed by atoms with Crippen LogP contribution in [0.5, 0.6) is 0 Å². The van der Waals surface area contributed by atoms with Crippen molar-refractivity contribution in [1.82, 2.24) is 5.32 Å². The van der Waals surface area contributed by atoms with E-state index in [9.17, 15) is 8.78 Å². The third-order valence-corrected chi connectivity index (χ3v) is 3.62. The molecule has 2 unspecified atom stereocenters. The summed E-state index contributed by atoms with van der Waals surface area (Å²) in [5.41, 5.74) is 0.706.